The molecule has 2 heterocycles. The second-order valence-electron chi connectivity index (χ2n) is 8.14. The van der Waals surface area contributed by atoms with Gasteiger partial charge in [0.25, 0.3) is 6.47 Å². The van der Waals surface area contributed by atoms with Crippen LogP contribution in [-0.4, -0.2) is 40.2 Å². The van der Waals surface area contributed by atoms with Crippen LogP contribution >= 0.6 is 0 Å². The van der Waals surface area contributed by atoms with Crippen LogP contribution < -0.4 is 10.1 Å². The first kappa shape index (κ1) is 24.0. The summed E-state index contributed by atoms with van der Waals surface area (Å²) in [5.41, 5.74) is 0.522. The van der Waals surface area contributed by atoms with E-state index < -0.39 is 16.7 Å². The van der Waals surface area contributed by atoms with E-state index in [2.05, 4.69) is 15.3 Å². The van der Waals surface area contributed by atoms with Crippen LogP contribution in [0.25, 0.3) is 0 Å². The van der Waals surface area contributed by atoms with Crippen LogP contribution in [0.2, 0.25) is 0 Å². The number of rotatable bonds is 10. The van der Waals surface area contributed by atoms with E-state index >= 15 is 0 Å². The molecule has 0 saturated carbocycles. The van der Waals surface area contributed by atoms with E-state index in [4.69, 9.17) is 9.47 Å². The van der Waals surface area contributed by atoms with Gasteiger partial charge in [-0.25, -0.2) is 4.98 Å². The lowest BCUT2D eigenvalue weighted by Crippen LogP contribution is -2.29. The van der Waals surface area contributed by atoms with Gasteiger partial charge in [-0.05, 0) is 62.5 Å². The molecule has 0 aliphatic carbocycles. The summed E-state index contributed by atoms with van der Waals surface area (Å²) in [4.78, 5) is 43.2. The molecular formula is C25H24N4O6. The summed E-state index contributed by atoms with van der Waals surface area (Å²) in [6.45, 7) is 1.95. The van der Waals surface area contributed by atoms with Crippen molar-refractivity contribution in [2.75, 3.05) is 13.1 Å². The third-order valence-electron chi connectivity index (χ3n) is 5.90. The summed E-state index contributed by atoms with van der Waals surface area (Å²) in [5.74, 6) is 0.0644. The largest absolute Gasteiger partial charge is 0.458 e. The van der Waals surface area contributed by atoms with Crippen molar-refractivity contribution in [3.8, 4) is 11.6 Å². The molecule has 1 aliphatic heterocycles. The second-order valence-corrected chi connectivity index (χ2v) is 8.14. The van der Waals surface area contributed by atoms with Crippen molar-refractivity contribution in [3.63, 3.8) is 0 Å². The highest BCUT2D eigenvalue weighted by Crippen LogP contribution is 2.38. The topological polar surface area (TPSA) is 134 Å². The lowest BCUT2D eigenvalue weighted by atomic mass is 9.90. The molecule has 0 amide bonds. The first-order valence-corrected chi connectivity index (χ1v) is 11.2. The molecule has 3 aromatic rings. The van der Waals surface area contributed by atoms with E-state index in [0.29, 0.717) is 17.5 Å². The van der Waals surface area contributed by atoms with Gasteiger partial charge in [0.05, 0.1) is 4.92 Å². The maximum absolute atomic E-state index is 12.6. The molecular weight excluding hydrogens is 452 g/mol. The van der Waals surface area contributed by atoms with Crippen LogP contribution in [0.3, 0.4) is 0 Å². The molecule has 10 nitrogen and oxygen atoms in total. The number of nitro groups is 1. The molecule has 1 N–H and O–H groups in total. The van der Waals surface area contributed by atoms with E-state index in [1.807, 2.05) is 6.07 Å². The monoisotopic (exact) mass is 476 g/mol. The van der Waals surface area contributed by atoms with Gasteiger partial charge in [-0.15, -0.1) is 0 Å². The smallest absolute Gasteiger partial charge is 0.356 e. The fourth-order valence-electron chi connectivity index (χ4n) is 4.12. The number of nitrogens with one attached hydrogen (secondary N) is 1. The lowest BCUT2D eigenvalue weighted by Gasteiger charge is -2.25. The average Bonchev–Trinajstić information content (AvgIpc) is 2.89. The van der Waals surface area contributed by atoms with Gasteiger partial charge in [0.2, 0.25) is 0 Å². The normalized spacial score (nSPS) is 14.6. The van der Waals surface area contributed by atoms with Crippen molar-refractivity contribution in [3.05, 3.63) is 87.9 Å². The molecule has 1 fully saturated rings. The zero-order chi connectivity index (χ0) is 24.6. The van der Waals surface area contributed by atoms with Crippen molar-refractivity contribution in [1.82, 2.24) is 15.3 Å². The van der Waals surface area contributed by atoms with Crippen molar-refractivity contribution < 1.29 is 24.0 Å². The van der Waals surface area contributed by atoms with Crippen LogP contribution in [0.5, 0.6) is 11.6 Å². The van der Waals surface area contributed by atoms with E-state index in [0.717, 1.165) is 32.3 Å². The maximum atomic E-state index is 12.6. The summed E-state index contributed by atoms with van der Waals surface area (Å²) < 4.78 is 10.9. The molecule has 1 unspecified atom stereocenters. The second kappa shape index (κ2) is 11.3. The lowest BCUT2D eigenvalue weighted by molar-refractivity contribution is -0.387. The van der Waals surface area contributed by atoms with Crippen LogP contribution in [0.1, 0.15) is 47.0 Å². The third kappa shape index (κ3) is 5.85. The molecule has 1 atom stereocenters. The van der Waals surface area contributed by atoms with Crippen LogP contribution in [-0.2, 0) is 9.53 Å². The summed E-state index contributed by atoms with van der Waals surface area (Å²) in [6, 6.07) is 15.1. The Bertz CT molecular complexity index is 1180. The highest BCUT2D eigenvalue weighted by Gasteiger charge is 2.33. The van der Waals surface area contributed by atoms with Crippen molar-refractivity contribution >= 4 is 17.9 Å². The predicted molar refractivity (Wildman–Crippen MR) is 125 cm³/mol. The van der Waals surface area contributed by atoms with Gasteiger partial charge < -0.3 is 14.8 Å². The number of benzene rings is 2. The van der Waals surface area contributed by atoms with Crippen molar-refractivity contribution in [2.45, 2.75) is 25.4 Å². The van der Waals surface area contributed by atoms with Gasteiger partial charge in [0.1, 0.15) is 12.1 Å². The first-order valence-electron chi connectivity index (χ1n) is 11.2. The van der Waals surface area contributed by atoms with Gasteiger partial charge in [0.15, 0.2) is 17.6 Å². The summed E-state index contributed by atoms with van der Waals surface area (Å²) in [7, 11) is 0. The minimum Gasteiger partial charge on any atom is -0.458 e. The Hall–Kier alpha value is -4.18. The van der Waals surface area contributed by atoms with Crippen LogP contribution in [0, 0.1) is 16.0 Å². The zero-order valence-electron chi connectivity index (χ0n) is 18.8. The number of carbonyl (C=O) groups excluding carboxylic acids is 2. The molecule has 180 valence electrons. The van der Waals surface area contributed by atoms with Gasteiger partial charge in [0, 0.05) is 11.1 Å². The predicted octanol–water partition coefficient (Wildman–Crippen LogP) is 4.01. The SMILES string of the molecule is O=COC(CC1CCNCC1)c1ncnc(Oc2ccc(C(=O)c3ccccc3)cc2)c1[N+](=O)[O-]. The highest BCUT2D eigenvalue weighted by atomic mass is 16.6. The molecule has 1 aromatic heterocycles. The molecule has 0 radical (unpaired) electrons. The van der Waals surface area contributed by atoms with E-state index in [1.54, 1.807) is 36.4 Å². The van der Waals surface area contributed by atoms with Gasteiger partial charge in [-0.1, -0.05) is 30.3 Å². The minimum absolute atomic E-state index is 0.0125. The number of ether oxygens (including phenoxy) is 2. The fourth-order valence-corrected chi connectivity index (χ4v) is 4.12. The number of nitrogens with zero attached hydrogens (tertiary/aromatic N) is 3. The van der Waals surface area contributed by atoms with Gasteiger partial charge in [-0.2, -0.15) is 4.98 Å². The number of hydrogen-bond donors (Lipinski definition) is 1. The fraction of sp³-hybridized carbons (Fsp3) is 0.280. The Labute approximate surface area is 201 Å². The molecule has 0 spiro atoms. The number of aromatic nitrogens is 2. The molecule has 1 saturated heterocycles. The Balaban J connectivity index is 1.58. The van der Waals surface area contributed by atoms with E-state index in [9.17, 15) is 19.7 Å². The summed E-state index contributed by atoms with van der Waals surface area (Å²) in [6.07, 6.45) is 2.40. The number of piperidine rings is 1. The quantitative estimate of drug-likeness (QED) is 0.199. The third-order valence-corrected chi connectivity index (χ3v) is 5.90. The Kier molecular flexibility index (Phi) is 7.74. The summed E-state index contributed by atoms with van der Waals surface area (Å²) in [5, 5.41) is 15.2. The number of hydrogen-bond acceptors (Lipinski definition) is 9. The Morgan fingerprint density at radius 1 is 1.09 bits per heavy atom. The molecule has 2 aromatic carbocycles. The standard InChI is InChI=1S/C25H24N4O6/c30-16-34-21(14-17-10-12-26-13-11-17)22-23(29(32)33)25(28-15-27-22)35-20-8-6-19(7-9-20)24(31)18-4-2-1-3-5-18/h1-9,15-17,21,26H,10-14H2. The average molecular weight is 476 g/mol. The highest BCUT2D eigenvalue weighted by molar-refractivity contribution is 6.08. The number of carbonyl (C=O) groups is 2. The molecule has 1 aliphatic rings. The van der Waals surface area contributed by atoms with E-state index in [1.165, 1.54) is 12.1 Å². The van der Waals surface area contributed by atoms with Crippen LogP contribution in [0.15, 0.2) is 60.9 Å². The van der Waals surface area contributed by atoms with Crippen molar-refractivity contribution in [2.24, 2.45) is 5.92 Å². The zero-order valence-corrected chi connectivity index (χ0v) is 18.8. The van der Waals surface area contributed by atoms with Crippen molar-refractivity contribution in [1.29, 1.82) is 0 Å². The molecule has 0 bridgehead atoms. The van der Waals surface area contributed by atoms with Gasteiger partial charge in [-0.3, -0.25) is 19.7 Å². The Morgan fingerprint density at radius 2 is 1.77 bits per heavy atom. The summed E-state index contributed by atoms with van der Waals surface area (Å²) >= 11 is 0. The molecule has 10 heteroatoms. The van der Waals surface area contributed by atoms with E-state index in [-0.39, 0.29) is 35.5 Å². The van der Waals surface area contributed by atoms with Crippen LogP contribution in [0.4, 0.5) is 5.69 Å². The minimum atomic E-state index is -0.896. The first-order chi connectivity index (χ1) is 17.1. The van der Waals surface area contributed by atoms with Gasteiger partial charge >= 0.3 is 11.6 Å². The molecule has 4 rings (SSSR count). The molecule has 35 heavy (non-hydrogen) atoms. The Morgan fingerprint density at radius 3 is 2.43 bits per heavy atom. The maximum Gasteiger partial charge on any atom is 0.356 e. The number of ketones is 1.